The van der Waals surface area contributed by atoms with Crippen molar-refractivity contribution in [1.82, 2.24) is 5.32 Å². The van der Waals surface area contributed by atoms with Gasteiger partial charge in [-0.1, -0.05) is 303 Å². The van der Waals surface area contributed by atoms with E-state index in [9.17, 15) is 19.8 Å². The summed E-state index contributed by atoms with van der Waals surface area (Å²) in [4.78, 5) is 24.5. The molecule has 0 fully saturated rings. The third kappa shape index (κ3) is 52.1. The number of hydrogen-bond acceptors (Lipinski definition) is 5. The van der Waals surface area contributed by atoms with E-state index in [1.165, 1.54) is 257 Å². The van der Waals surface area contributed by atoms with E-state index in [0.29, 0.717) is 25.9 Å². The largest absolute Gasteiger partial charge is 0.466 e. The summed E-state index contributed by atoms with van der Waals surface area (Å²) in [5, 5.41) is 23.3. The van der Waals surface area contributed by atoms with E-state index in [-0.39, 0.29) is 18.5 Å². The summed E-state index contributed by atoms with van der Waals surface area (Å²) < 4.78 is 5.47. The molecule has 0 spiro atoms. The van der Waals surface area contributed by atoms with Crippen LogP contribution >= 0.6 is 0 Å². The van der Waals surface area contributed by atoms with Crippen molar-refractivity contribution in [3.63, 3.8) is 0 Å². The number of carbonyl (C=O) groups excluding carboxylic acids is 2. The number of rotatable bonds is 56. The maximum absolute atomic E-state index is 12.5. The second-order valence-electron chi connectivity index (χ2n) is 20.7. The third-order valence-electron chi connectivity index (χ3n) is 14.2. The minimum absolute atomic E-state index is 0.000739. The zero-order valence-electron chi connectivity index (χ0n) is 44.3. The van der Waals surface area contributed by atoms with Gasteiger partial charge in [0.25, 0.3) is 0 Å². The number of ether oxygens (including phenoxy) is 1. The first kappa shape index (κ1) is 63.9. The molecule has 0 bridgehead atoms. The number of carbonyl (C=O) groups is 2. The number of hydrogen-bond donors (Lipinski definition) is 3. The van der Waals surface area contributed by atoms with E-state index >= 15 is 0 Å². The Morgan fingerprint density at radius 1 is 0.369 bits per heavy atom. The summed E-state index contributed by atoms with van der Waals surface area (Å²) in [6.07, 6.45) is 63.8. The normalized spacial score (nSPS) is 12.5. The van der Waals surface area contributed by atoms with Crippen LogP contribution in [0, 0.1) is 0 Å². The van der Waals surface area contributed by atoms with E-state index in [4.69, 9.17) is 4.74 Å². The topological polar surface area (TPSA) is 95.9 Å². The molecule has 0 heterocycles. The lowest BCUT2D eigenvalue weighted by atomic mass is 10.0. The van der Waals surface area contributed by atoms with E-state index in [0.717, 1.165) is 51.4 Å². The van der Waals surface area contributed by atoms with Crippen molar-refractivity contribution >= 4 is 11.9 Å². The zero-order valence-corrected chi connectivity index (χ0v) is 44.3. The molecule has 3 N–H and O–H groups in total. The van der Waals surface area contributed by atoms with Crippen molar-refractivity contribution < 1.29 is 24.5 Å². The molecular formula is C59H117NO5. The summed E-state index contributed by atoms with van der Waals surface area (Å²) in [6, 6.07) is -0.549. The van der Waals surface area contributed by atoms with Crippen LogP contribution in [0.2, 0.25) is 0 Å². The summed E-state index contributed by atoms with van der Waals surface area (Å²) in [5.41, 5.74) is 0. The predicted molar refractivity (Wildman–Crippen MR) is 283 cm³/mol. The Hall–Kier alpha value is -1.14. The fourth-order valence-electron chi connectivity index (χ4n) is 9.58. The number of aliphatic hydroxyl groups is 2. The Morgan fingerprint density at radius 2 is 0.631 bits per heavy atom. The van der Waals surface area contributed by atoms with E-state index in [1.807, 2.05) is 0 Å². The maximum Gasteiger partial charge on any atom is 0.305 e. The van der Waals surface area contributed by atoms with Gasteiger partial charge < -0.3 is 20.3 Å². The van der Waals surface area contributed by atoms with Crippen LogP contribution < -0.4 is 5.32 Å². The van der Waals surface area contributed by atoms with Crippen molar-refractivity contribution in [3.05, 3.63) is 0 Å². The molecule has 6 heteroatoms. The molecule has 0 rings (SSSR count). The number of esters is 1. The lowest BCUT2D eigenvalue weighted by molar-refractivity contribution is -0.143. The Bertz CT molecular complexity index is 928. The zero-order chi connectivity index (χ0) is 47.2. The number of nitrogens with one attached hydrogen (secondary N) is 1. The lowest BCUT2D eigenvalue weighted by Crippen LogP contribution is -2.45. The van der Waals surface area contributed by atoms with Gasteiger partial charge in [0.05, 0.1) is 25.4 Å². The van der Waals surface area contributed by atoms with Gasteiger partial charge in [-0.2, -0.15) is 0 Å². The molecule has 0 aromatic rings. The smallest absolute Gasteiger partial charge is 0.305 e. The molecule has 388 valence electrons. The molecule has 0 aliphatic rings. The van der Waals surface area contributed by atoms with Gasteiger partial charge in [0.1, 0.15) is 0 Å². The Labute approximate surface area is 406 Å². The van der Waals surface area contributed by atoms with E-state index < -0.39 is 12.1 Å². The van der Waals surface area contributed by atoms with Crippen LogP contribution in [0.15, 0.2) is 0 Å². The van der Waals surface area contributed by atoms with E-state index in [2.05, 4.69) is 19.2 Å². The molecule has 6 nitrogen and oxygen atoms in total. The van der Waals surface area contributed by atoms with Crippen LogP contribution in [0.3, 0.4) is 0 Å². The van der Waals surface area contributed by atoms with Gasteiger partial charge in [0, 0.05) is 12.8 Å². The first-order valence-electron chi connectivity index (χ1n) is 29.8. The van der Waals surface area contributed by atoms with Crippen molar-refractivity contribution in [1.29, 1.82) is 0 Å². The first-order chi connectivity index (χ1) is 32.0. The first-order valence-corrected chi connectivity index (χ1v) is 29.8. The molecule has 0 aliphatic heterocycles. The monoisotopic (exact) mass is 920 g/mol. The highest BCUT2D eigenvalue weighted by Gasteiger charge is 2.20. The van der Waals surface area contributed by atoms with Crippen LogP contribution in [0.25, 0.3) is 0 Å². The van der Waals surface area contributed by atoms with Gasteiger partial charge in [-0.25, -0.2) is 0 Å². The quantitative estimate of drug-likeness (QED) is 0.0417. The predicted octanol–water partition coefficient (Wildman–Crippen LogP) is 18.3. The maximum atomic E-state index is 12.5. The molecule has 0 saturated carbocycles. The second kappa shape index (κ2) is 55.5. The Balaban J connectivity index is 3.42. The highest BCUT2D eigenvalue weighted by Crippen LogP contribution is 2.18. The SMILES string of the molecule is CCCCCCCCCCCCCCCCCCCCCCCC(O)C(CO)NC(=O)CCCCCCCCCCCCCCCCOC(=O)CCCCCCCCCCCCCCC. The molecule has 0 aromatic heterocycles. The van der Waals surface area contributed by atoms with Crippen LogP contribution in [-0.4, -0.2) is 47.4 Å². The summed E-state index contributed by atoms with van der Waals surface area (Å²) in [7, 11) is 0. The number of unbranched alkanes of at least 4 members (excludes halogenated alkanes) is 45. The Kier molecular flexibility index (Phi) is 54.5. The van der Waals surface area contributed by atoms with Gasteiger partial charge in [0.15, 0.2) is 0 Å². The highest BCUT2D eigenvalue weighted by molar-refractivity contribution is 5.76. The Morgan fingerprint density at radius 3 is 0.938 bits per heavy atom. The van der Waals surface area contributed by atoms with Crippen LogP contribution in [-0.2, 0) is 14.3 Å². The van der Waals surface area contributed by atoms with E-state index in [1.54, 1.807) is 0 Å². The minimum Gasteiger partial charge on any atom is -0.466 e. The summed E-state index contributed by atoms with van der Waals surface area (Å²) in [5.74, 6) is -0.0402. The minimum atomic E-state index is -0.671. The molecular weight excluding hydrogens is 803 g/mol. The molecule has 0 aromatic carbocycles. The molecule has 0 aliphatic carbocycles. The van der Waals surface area contributed by atoms with Crippen molar-refractivity contribution in [2.24, 2.45) is 0 Å². The number of amides is 1. The van der Waals surface area contributed by atoms with Gasteiger partial charge in [-0.15, -0.1) is 0 Å². The van der Waals surface area contributed by atoms with Crippen LogP contribution in [0.5, 0.6) is 0 Å². The average molecular weight is 921 g/mol. The molecule has 2 atom stereocenters. The molecule has 2 unspecified atom stereocenters. The second-order valence-corrected chi connectivity index (χ2v) is 20.7. The van der Waals surface area contributed by atoms with Crippen molar-refractivity contribution in [2.75, 3.05) is 13.2 Å². The molecule has 65 heavy (non-hydrogen) atoms. The summed E-state index contributed by atoms with van der Waals surface area (Å²) >= 11 is 0. The summed E-state index contributed by atoms with van der Waals surface area (Å²) in [6.45, 7) is 4.96. The number of aliphatic hydroxyl groups excluding tert-OH is 2. The van der Waals surface area contributed by atoms with Crippen molar-refractivity contribution in [3.8, 4) is 0 Å². The average Bonchev–Trinajstić information content (AvgIpc) is 3.31. The van der Waals surface area contributed by atoms with Crippen LogP contribution in [0.1, 0.15) is 341 Å². The van der Waals surface area contributed by atoms with Gasteiger partial charge >= 0.3 is 5.97 Å². The molecule has 0 radical (unpaired) electrons. The standard InChI is InChI=1S/C59H117NO5/c1-3-5-7-9-11-13-15-17-18-19-20-21-22-23-24-28-31-35-39-43-47-51-57(62)56(55-61)60-58(63)52-48-44-40-36-32-29-25-26-30-34-38-42-46-50-54-65-59(64)53-49-45-41-37-33-27-16-14-12-10-8-6-4-2/h56-57,61-62H,3-55H2,1-2H3,(H,60,63). The molecule has 0 saturated heterocycles. The molecule has 1 amide bonds. The highest BCUT2D eigenvalue weighted by atomic mass is 16.5. The van der Waals surface area contributed by atoms with Gasteiger partial charge in [0.2, 0.25) is 5.91 Å². The van der Waals surface area contributed by atoms with Crippen LogP contribution in [0.4, 0.5) is 0 Å². The lowest BCUT2D eigenvalue weighted by Gasteiger charge is -2.22. The fraction of sp³-hybridized carbons (Fsp3) is 0.966. The fourth-order valence-corrected chi connectivity index (χ4v) is 9.58. The van der Waals surface area contributed by atoms with Gasteiger partial charge in [-0.05, 0) is 25.7 Å². The van der Waals surface area contributed by atoms with Gasteiger partial charge in [-0.3, -0.25) is 9.59 Å². The third-order valence-corrected chi connectivity index (χ3v) is 14.2. The van der Waals surface area contributed by atoms with Crippen molar-refractivity contribution in [2.45, 2.75) is 353 Å².